The first-order valence-electron chi connectivity index (χ1n) is 9.09. The number of carbonyl (C=O) groups excluding carboxylic acids is 1. The molecule has 1 aromatic heterocycles. The Morgan fingerprint density at radius 3 is 2.65 bits per heavy atom. The Morgan fingerprint density at radius 1 is 1.19 bits per heavy atom. The Balaban J connectivity index is 1.53. The van der Waals surface area contributed by atoms with Crippen molar-refractivity contribution in [2.75, 3.05) is 0 Å². The molecule has 1 heterocycles. The summed E-state index contributed by atoms with van der Waals surface area (Å²) in [6.07, 6.45) is 5.98. The van der Waals surface area contributed by atoms with E-state index >= 15 is 0 Å². The fourth-order valence-corrected chi connectivity index (χ4v) is 4.11. The molecule has 2 aromatic carbocycles. The number of nitrogens with zero attached hydrogens (tertiary/aromatic N) is 2. The molecule has 0 bridgehead atoms. The third-order valence-corrected chi connectivity index (χ3v) is 5.96. The van der Waals surface area contributed by atoms with Crippen molar-refractivity contribution in [1.82, 2.24) is 9.88 Å². The first-order valence-corrected chi connectivity index (χ1v) is 9.90. The van der Waals surface area contributed by atoms with Gasteiger partial charge in [-0.05, 0) is 49.5 Å². The highest BCUT2D eigenvalue weighted by Crippen LogP contribution is 2.36. The number of hydrogen-bond acceptors (Lipinski definition) is 3. The smallest absolute Gasteiger partial charge is 0.247 e. The van der Waals surface area contributed by atoms with Crippen LogP contribution >= 0.6 is 11.3 Å². The SMILES string of the molecule is CC(C1CC1)N(Cc1ccccc1)C(=O)C=Cc1nc2ccccc2s1. The molecule has 3 aromatic rings. The average molecular weight is 362 g/mol. The van der Waals surface area contributed by atoms with E-state index < -0.39 is 0 Å². The maximum absolute atomic E-state index is 12.9. The molecular formula is C22H22N2OS. The molecule has 1 aliphatic rings. The van der Waals surface area contributed by atoms with Gasteiger partial charge in [-0.25, -0.2) is 4.98 Å². The Labute approximate surface area is 158 Å². The third-order valence-electron chi connectivity index (χ3n) is 4.95. The third kappa shape index (κ3) is 3.86. The molecule has 4 rings (SSSR count). The molecule has 1 saturated carbocycles. The van der Waals surface area contributed by atoms with E-state index in [-0.39, 0.29) is 11.9 Å². The number of rotatable bonds is 6. The summed E-state index contributed by atoms with van der Waals surface area (Å²) in [5.41, 5.74) is 2.15. The highest BCUT2D eigenvalue weighted by Gasteiger charge is 2.33. The molecule has 0 saturated heterocycles. The summed E-state index contributed by atoms with van der Waals surface area (Å²) < 4.78 is 1.15. The first kappa shape index (κ1) is 17.0. The lowest BCUT2D eigenvalue weighted by Crippen LogP contribution is -2.38. The number of benzene rings is 2. The fraction of sp³-hybridized carbons (Fsp3) is 0.273. The van der Waals surface area contributed by atoms with Crippen molar-refractivity contribution < 1.29 is 4.79 Å². The zero-order valence-electron chi connectivity index (χ0n) is 14.8. The lowest BCUT2D eigenvalue weighted by molar-refractivity contribution is -0.129. The molecule has 0 aliphatic heterocycles. The summed E-state index contributed by atoms with van der Waals surface area (Å²) in [6.45, 7) is 2.82. The van der Waals surface area contributed by atoms with Crippen LogP contribution in [0.15, 0.2) is 60.7 Å². The van der Waals surface area contributed by atoms with E-state index in [9.17, 15) is 4.79 Å². The van der Waals surface area contributed by atoms with Crippen LogP contribution in [0, 0.1) is 5.92 Å². The molecule has 132 valence electrons. The largest absolute Gasteiger partial charge is 0.332 e. The van der Waals surface area contributed by atoms with Gasteiger partial charge in [0.1, 0.15) is 5.01 Å². The van der Waals surface area contributed by atoms with Crippen LogP contribution in [0.2, 0.25) is 0 Å². The molecule has 0 radical (unpaired) electrons. The minimum Gasteiger partial charge on any atom is -0.332 e. The zero-order chi connectivity index (χ0) is 17.9. The lowest BCUT2D eigenvalue weighted by atomic mass is 10.1. The molecule has 1 fully saturated rings. The van der Waals surface area contributed by atoms with E-state index in [2.05, 4.69) is 30.1 Å². The van der Waals surface area contributed by atoms with Crippen molar-refractivity contribution >= 4 is 33.5 Å². The van der Waals surface area contributed by atoms with Crippen LogP contribution in [0.5, 0.6) is 0 Å². The van der Waals surface area contributed by atoms with E-state index in [4.69, 9.17) is 0 Å². The van der Waals surface area contributed by atoms with Gasteiger partial charge in [-0.1, -0.05) is 42.5 Å². The zero-order valence-corrected chi connectivity index (χ0v) is 15.7. The Bertz CT molecular complexity index is 894. The second-order valence-electron chi connectivity index (χ2n) is 6.88. The highest BCUT2D eigenvalue weighted by molar-refractivity contribution is 7.19. The fourth-order valence-electron chi connectivity index (χ4n) is 3.24. The number of fused-ring (bicyclic) bond motifs is 1. The summed E-state index contributed by atoms with van der Waals surface area (Å²) in [5, 5.41) is 0.873. The number of amides is 1. The summed E-state index contributed by atoms with van der Waals surface area (Å²) in [5.74, 6) is 0.700. The van der Waals surface area contributed by atoms with Crippen LogP contribution in [0.25, 0.3) is 16.3 Å². The standard InChI is InChI=1S/C22H22N2OS/c1-16(18-11-12-18)24(15-17-7-3-2-4-8-17)22(25)14-13-21-23-19-9-5-6-10-20(19)26-21/h2-10,13-14,16,18H,11-12,15H2,1H3. The van der Waals surface area contributed by atoms with Gasteiger partial charge in [0.2, 0.25) is 5.91 Å². The number of aromatic nitrogens is 1. The molecule has 1 atom stereocenters. The maximum atomic E-state index is 12.9. The molecular weight excluding hydrogens is 340 g/mol. The van der Waals surface area contributed by atoms with E-state index in [1.54, 1.807) is 17.4 Å². The minimum atomic E-state index is 0.0625. The van der Waals surface area contributed by atoms with Crippen LogP contribution < -0.4 is 0 Å². The van der Waals surface area contributed by atoms with Gasteiger partial charge in [-0.3, -0.25) is 4.79 Å². The van der Waals surface area contributed by atoms with Crippen molar-refractivity contribution in [1.29, 1.82) is 0 Å². The number of thiazole rings is 1. The first-order chi connectivity index (χ1) is 12.7. The van der Waals surface area contributed by atoms with Crippen molar-refractivity contribution in [2.24, 2.45) is 5.92 Å². The number of para-hydroxylation sites is 1. The number of hydrogen-bond donors (Lipinski definition) is 0. The summed E-state index contributed by atoms with van der Waals surface area (Å²) in [4.78, 5) is 19.5. The topological polar surface area (TPSA) is 33.2 Å². The Kier molecular flexibility index (Phi) is 4.85. The van der Waals surface area contributed by atoms with Gasteiger partial charge in [0.05, 0.1) is 10.2 Å². The van der Waals surface area contributed by atoms with E-state index in [1.807, 2.05) is 47.4 Å². The predicted octanol–water partition coefficient (Wildman–Crippen LogP) is 5.14. The van der Waals surface area contributed by atoms with Gasteiger partial charge in [-0.15, -0.1) is 11.3 Å². The molecule has 1 unspecified atom stereocenters. The summed E-state index contributed by atoms with van der Waals surface area (Å²) in [7, 11) is 0. The van der Waals surface area contributed by atoms with Crippen LogP contribution in [-0.2, 0) is 11.3 Å². The Morgan fingerprint density at radius 2 is 1.92 bits per heavy atom. The monoisotopic (exact) mass is 362 g/mol. The van der Waals surface area contributed by atoms with Crippen LogP contribution in [0.1, 0.15) is 30.3 Å². The minimum absolute atomic E-state index is 0.0625. The Hall–Kier alpha value is -2.46. The molecule has 1 aliphatic carbocycles. The van der Waals surface area contributed by atoms with Gasteiger partial charge in [-0.2, -0.15) is 0 Å². The van der Waals surface area contributed by atoms with E-state index in [0.29, 0.717) is 12.5 Å². The van der Waals surface area contributed by atoms with Gasteiger partial charge >= 0.3 is 0 Å². The molecule has 0 N–H and O–H groups in total. The van der Waals surface area contributed by atoms with Crippen LogP contribution in [0.4, 0.5) is 0 Å². The van der Waals surface area contributed by atoms with Gasteiger partial charge in [0, 0.05) is 18.7 Å². The molecule has 1 amide bonds. The van der Waals surface area contributed by atoms with Crippen LogP contribution in [-0.4, -0.2) is 21.8 Å². The normalized spacial score (nSPS) is 15.4. The van der Waals surface area contributed by atoms with Crippen molar-refractivity contribution in [3.8, 4) is 0 Å². The molecule has 26 heavy (non-hydrogen) atoms. The number of carbonyl (C=O) groups is 1. The van der Waals surface area contributed by atoms with Crippen molar-refractivity contribution in [3.05, 3.63) is 71.2 Å². The molecule has 4 heteroatoms. The van der Waals surface area contributed by atoms with Crippen molar-refractivity contribution in [2.45, 2.75) is 32.4 Å². The van der Waals surface area contributed by atoms with E-state index in [0.717, 1.165) is 15.2 Å². The average Bonchev–Trinajstić information content (AvgIpc) is 3.44. The molecule has 0 spiro atoms. The second kappa shape index (κ2) is 7.42. The maximum Gasteiger partial charge on any atom is 0.247 e. The van der Waals surface area contributed by atoms with Gasteiger partial charge < -0.3 is 4.90 Å². The van der Waals surface area contributed by atoms with Crippen molar-refractivity contribution in [3.63, 3.8) is 0 Å². The van der Waals surface area contributed by atoms with Gasteiger partial charge in [0.25, 0.3) is 0 Å². The summed E-state index contributed by atoms with van der Waals surface area (Å²) in [6, 6.07) is 18.5. The predicted molar refractivity (Wildman–Crippen MR) is 108 cm³/mol. The lowest BCUT2D eigenvalue weighted by Gasteiger charge is -2.28. The van der Waals surface area contributed by atoms with E-state index in [1.165, 1.54) is 18.4 Å². The van der Waals surface area contributed by atoms with Crippen LogP contribution in [0.3, 0.4) is 0 Å². The highest BCUT2D eigenvalue weighted by atomic mass is 32.1. The molecule has 3 nitrogen and oxygen atoms in total. The van der Waals surface area contributed by atoms with Gasteiger partial charge in [0.15, 0.2) is 0 Å². The second-order valence-corrected chi connectivity index (χ2v) is 7.95. The summed E-state index contributed by atoms with van der Waals surface area (Å²) >= 11 is 1.61. The quantitative estimate of drug-likeness (QED) is 0.569.